The zero-order valence-corrected chi connectivity index (χ0v) is 17.7. The van der Waals surface area contributed by atoms with Gasteiger partial charge in [-0.1, -0.05) is 20.8 Å². The monoisotopic (exact) mass is 410 g/mol. The van der Waals surface area contributed by atoms with Crippen LogP contribution in [-0.4, -0.2) is 30.7 Å². The lowest BCUT2D eigenvalue weighted by Crippen LogP contribution is -2.32. The van der Waals surface area contributed by atoms with Gasteiger partial charge in [-0.05, 0) is 43.9 Å². The minimum Gasteiger partial charge on any atom is -0.350 e. The largest absolute Gasteiger partial charge is 0.353 e. The Kier molecular flexibility index (Phi) is 6.06. The fourth-order valence-corrected chi connectivity index (χ4v) is 3.22. The summed E-state index contributed by atoms with van der Waals surface area (Å²) in [4.78, 5) is 38.7. The molecule has 2 heterocycles. The number of amides is 1. The third-order valence-corrected chi connectivity index (χ3v) is 5.18. The molecule has 1 amide bonds. The van der Waals surface area contributed by atoms with Crippen LogP contribution >= 0.6 is 0 Å². The zero-order valence-electron chi connectivity index (χ0n) is 17.7. The summed E-state index contributed by atoms with van der Waals surface area (Å²) < 4.78 is 3.82. The Morgan fingerprint density at radius 3 is 2.63 bits per heavy atom. The summed E-state index contributed by atoms with van der Waals surface area (Å²) in [5, 5.41) is 16.5. The highest BCUT2D eigenvalue weighted by atomic mass is 16.2. The molecule has 0 fully saturated rings. The second kappa shape index (κ2) is 8.53. The van der Waals surface area contributed by atoms with E-state index in [1.165, 1.54) is 15.0 Å². The first-order chi connectivity index (χ1) is 14.3. The van der Waals surface area contributed by atoms with Gasteiger partial charge in [0.2, 0.25) is 5.78 Å². The van der Waals surface area contributed by atoms with Crippen LogP contribution in [0.15, 0.2) is 27.8 Å². The van der Waals surface area contributed by atoms with Gasteiger partial charge in [0.25, 0.3) is 11.5 Å². The van der Waals surface area contributed by atoms with Gasteiger partial charge in [0.15, 0.2) is 0 Å². The smallest absolute Gasteiger partial charge is 0.350 e. The van der Waals surface area contributed by atoms with E-state index in [4.69, 9.17) is 5.26 Å². The maximum Gasteiger partial charge on any atom is 0.353 e. The molecule has 0 bridgehead atoms. The number of benzene rings is 1. The Labute approximate surface area is 173 Å². The number of fused-ring (bicyclic) bond motifs is 3. The number of nitrogens with one attached hydrogen (secondary N) is 1. The number of hydrogen-bond donors (Lipinski definition) is 1. The standard InChI is InChI=1S/C21H26N6O3/c1-5-14(4)23-18(28)15-6-7-16-17(12-15)27-20(24-26(11-9-22)21(27)30)25(19(16)29)10-8-13(2)3/h6-7,12-14H,5,8,10-11H2,1-4H3,(H,23,28). The highest BCUT2D eigenvalue weighted by Crippen LogP contribution is 2.15. The summed E-state index contributed by atoms with van der Waals surface area (Å²) in [6.07, 6.45) is 1.51. The highest BCUT2D eigenvalue weighted by Gasteiger charge is 2.19. The van der Waals surface area contributed by atoms with Crippen molar-refractivity contribution in [2.24, 2.45) is 5.92 Å². The van der Waals surface area contributed by atoms with E-state index in [-0.39, 0.29) is 29.8 Å². The summed E-state index contributed by atoms with van der Waals surface area (Å²) >= 11 is 0. The normalized spacial score (nSPS) is 12.4. The lowest BCUT2D eigenvalue weighted by molar-refractivity contribution is 0.0939. The predicted octanol–water partition coefficient (Wildman–Crippen LogP) is 1.91. The summed E-state index contributed by atoms with van der Waals surface area (Å²) in [5.41, 5.74) is -0.138. The van der Waals surface area contributed by atoms with Crippen molar-refractivity contribution in [3.63, 3.8) is 0 Å². The molecular formula is C21H26N6O3. The molecule has 0 saturated heterocycles. The number of nitriles is 1. The first kappa shape index (κ1) is 21.3. The van der Waals surface area contributed by atoms with E-state index in [1.807, 2.05) is 33.8 Å². The summed E-state index contributed by atoms with van der Waals surface area (Å²) in [6.45, 7) is 8.14. The molecule has 0 aliphatic carbocycles. The minimum atomic E-state index is -0.519. The molecular weight excluding hydrogens is 384 g/mol. The van der Waals surface area contributed by atoms with E-state index in [1.54, 1.807) is 12.1 Å². The van der Waals surface area contributed by atoms with Crippen molar-refractivity contribution in [3.8, 4) is 6.07 Å². The first-order valence-corrected chi connectivity index (χ1v) is 10.1. The van der Waals surface area contributed by atoms with Crippen LogP contribution in [0.25, 0.3) is 16.7 Å². The lowest BCUT2D eigenvalue weighted by Gasteiger charge is -2.13. The molecule has 1 atom stereocenters. The number of aromatic nitrogens is 4. The zero-order chi connectivity index (χ0) is 22.0. The van der Waals surface area contributed by atoms with Gasteiger partial charge in [-0.2, -0.15) is 9.94 Å². The molecule has 1 unspecified atom stereocenters. The van der Waals surface area contributed by atoms with Crippen LogP contribution < -0.4 is 16.6 Å². The van der Waals surface area contributed by atoms with Gasteiger partial charge >= 0.3 is 5.69 Å². The number of rotatable bonds is 7. The van der Waals surface area contributed by atoms with E-state index in [0.29, 0.717) is 28.9 Å². The molecule has 1 aromatic carbocycles. The van der Waals surface area contributed by atoms with Gasteiger partial charge in [-0.25, -0.2) is 9.20 Å². The van der Waals surface area contributed by atoms with Crippen LogP contribution in [0.4, 0.5) is 0 Å². The maximum absolute atomic E-state index is 13.2. The second-order valence-electron chi connectivity index (χ2n) is 7.89. The van der Waals surface area contributed by atoms with Crippen molar-refractivity contribution in [3.05, 3.63) is 44.6 Å². The minimum absolute atomic E-state index is 0.00153. The fraction of sp³-hybridized carbons (Fsp3) is 0.476. The van der Waals surface area contributed by atoms with Gasteiger partial charge in [0.1, 0.15) is 6.54 Å². The van der Waals surface area contributed by atoms with Gasteiger partial charge in [-0.15, -0.1) is 5.10 Å². The van der Waals surface area contributed by atoms with E-state index in [2.05, 4.69) is 10.4 Å². The summed E-state index contributed by atoms with van der Waals surface area (Å²) in [7, 11) is 0. The van der Waals surface area contributed by atoms with E-state index in [0.717, 1.165) is 17.5 Å². The number of carbonyl (C=O) groups excluding carboxylic acids is 1. The van der Waals surface area contributed by atoms with Crippen LogP contribution in [0.1, 0.15) is 50.9 Å². The molecule has 30 heavy (non-hydrogen) atoms. The number of aryl methyl sites for hydroxylation is 1. The van der Waals surface area contributed by atoms with Crippen LogP contribution in [0.5, 0.6) is 0 Å². The van der Waals surface area contributed by atoms with Gasteiger partial charge < -0.3 is 5.32 Å². The third kappa shape index (κ3) is 3.85. The van der Waals surface area contributed by atoms with Crippen LogP contribution in [0, 0.1) is 17.2 Å². The van der Waals surface area contributed by atoms with Crippen LogP contribution in [0.3, 0.4) is 0 Å². The average Bonchev–Trinajstić information content (AvgIpc) is 3.03. The quantitative estimate of drug-likeness (QED) is 0.639. The van der Waals surface area contributed by atoms with Crippen molar-refractivity contribution in [2.45, 2.75) is 59.7 Å². The van der Waals surface area contributed by atoms with E-state index < -0.39 is 5.69 Å². The Balaban J connectivity index is 2.29. The molecule has 3 aromatic rings. The van der Waals surface area contributed by atoms with Crippen molar-refractivity contribution < 1.29 is 4.79 Å². The molecule has 158 valence electrons. The SMILES string of the molecule is CCC(C)NC(=O)c1ccc2c(=O)n(CCC(C)C)c3nn(CC#N)c(=O)n3c2c1. The topological polar surface area (TPSA) is 114 Å². The summed E-state index contributed by atoms with van der Waals surface area (Å²) in [5.74, 6) is 0.251. The Morgan fingerprint density at radius 1 is 1.27 bits per heavy atom. The lowest BCUT2D eigenvalue weighted by atomic mass is 10.1. The number of nitrogens with zero attached hydrogens (tertiary/aromatic N) is 5. The molecule has 0 radical (unpaired) electrons. The predicted molar refractivity (Wildman–Crippen MR) is 114 cm³/mol. The average molecular weight is 410 g/mol. The molecule has 2 aromatic heterocycles. The van der Waals surface area contributed by atoms with E-state index >= 15 is 0 Å². The van der Waals surface area contributed by atoms with Gasteiger partial charge in [0.05, 0.1) is 17.0 Å². The Morgan fingerprint density at radius 2 is 2.00 bits per heavy atom. The molecule has 9 nitrogen and oxygen atoms in total. The van der Waals surface area contributed by atoms with Crippen LogP contribution in [-0.2, 0) is 13.1 Å². The second-order valence-corrected chi connectivity index (χ2v) is 7.89. The molecule has 0 aliphatic heterocycles. The summed E-state index contributed by atoms with van der Waals surface area (Å²) in [6, 6.07) is 6.61. The molecule has 0 spiro atoms. The maximum atomic E-state index is 13.2. The van der Waals surface area contributed by atoms with Gasteiger partial charge in [-0.3, -0.25) is 14.2 Å². The molecule has 9 heteroatoms. The molecule has 3 rings (SSSR count). The third-order valence-electron chi connectivity index (χ3n) is 5.18. The number of hydrogen-bond acceptors (Lipinski definition) is 5. The van der Waals surface area contributed by atoms with Crippen molar-refractivity contribution in [1.29, 1.82) is 5.26 Å². The molecule has 0 aliphatic rings. The van der Waals surface area contributed by atoms with Crippen molar-refractivity contribution in [2.75, 3.05) is 0 Å². The molecule has 0 saturated carbocycles. The van der Waals surface area contributed by atoms with Gasteiger partial charge in [0, 0.05) is 18.2 Å². The van der Waals surface area contributed by atoms with E-state index in [9.17, 15) is 14.4 Å². The van der Waals surface area contributed by atoms with Crippen molar-refractivity contribution >= 4 is 22.6 Å². The molecule has 1 N–H and O–H groups in total. The number of carbonyl (C=O) groups is 1. The Hall–Kier alpha value is -3.41. The highest BCUT2D eigenvalue weighted by molar-refractivity contribution is 5.98. The fourth-order valence-electron chi connectivity index (χ4n) is 3.22. The Bertz CT molecular complexity index is 1260. The van der Waals surface area contributed by atoms with Crippen molar-refractivity contribution in [1.82, 2.24) is 24.1 Å². The first-order valence-electron chi connectivity index (χ1n) is 10.1. The van der Waals surface area contributed by atoms with Crippen LogP contribution in [0.2, 0.25) is 0 Å².